The molecule has 1 atom stereocenters. The lowest BCUT2D eigenvalue weighted by Gasteiger charge is -2.15. The Balaban J connectivity index is 3.62. The van der Waals surface area contributed by atoms with E-state index in [9.17, 15) is 38.2 Å². The summed E-state index contributed by atoms with van der Waals surface area (Å²) in [6.45, 7) is 1.38. The lowest BCUT2D eigenvalue weighted by Crippen LogP contribution is -2.29. The molecule has 0 fully saturated rings. The summed E-state index contributed by atoms with van der Waals surface area (Å²) < 4.78 is 38.1. The summed E-state index contributed by atoms with van der Waals surface area (Å²) in [6.07, 6.45) is -5.14. The van der Waals surface area contributed by atoms with Crippen molar-refractivity contribution in [1.82, 2.24) is 0 Å². The van der Waals surface area contributed by atoms with Crippen molar-refractivity contribution in [3.63, 3.8) is 0 Å². The van der Waals surface area contributed by atoms with Crippen molar-refractivity contribution in [2.24, 2.45) is 0 Å². The molecule has 0 aliphatic carbocycles. The number of halogens is 3. The number of anilines is 1. The highest BCUT2D eigenvalue weighted by Gasteiger charge is 2.38. The van der Waals surface area contributed by atoms with Crippen LogP contribution in [0.4, 0.5) is 30.2 Å². The first-order valence-corrected chi connectivity index (χ1v) is 6.02. The van der Waals surface area contributed by atoms with Gasteiger partial charge in [-0.1, -0.05) is 6.92 Å². The Bertz CT molecular complexity index is 626. The SMILES string of the molecule is CC[C@H](Nc1c([N+](=O)[O-])cc(C(F)(F)F)cc1[N+](=O)[O-])C(=O)O. The Labute approximate surface area is 126 Å². The number of nitrogens with one attached hydrogen (secondary N) is 1. The zero-order valence-electron chi connectivity index (χ0n) is 11.5. The Hall–Kier alpha value is -2.92. The molecule has 2 N–H and O–H groups in total. The van der Waals surface area contributed by atoms with Gasteiger partial charge in [0.05, 0.1) is 15.4 Å². The van der Waals surface area contributed by atoms with Crippen LogP contribution in [0.1, 0.15) is 18.9 Å². The van der Waals surface area contributed by atoms with E-state index in [4.69, 9.17) is 5.11 Å². The van der Waals surface area contributed by atoms with E-state index >= 15 is 0 Å². The molecule has 0 bridgehead atoms. The van der Waals surface area contributed by atoms with Gasteiger partial charge >= 0.3 is 12.1 Å². The van der Waals surface area contributed by atoms with Gasteiger partial charge in [0.15, 0.2) is 5.69 Å². The number of hydrogen-bond donors (Lipinski definition) is 2. The number of carboxylic acid groups (broad SMARTS) is 1. The molecule has 0 saturated carbocycles. The molecule has 0 unspecified atom stereocenters. The smallest absolute Gasteiger partial charge is 0.416 e. The first-order chi connectivity index (χ1) is 10.5. The van der Waals surface area contributed by atoms with Crippen molar-refractivity contribution in [2.75, 3.05) is 5.32 Å². The van der Waals surface area contributed by atoms with Gasteiger partial charge in [-0.15, -0.1) is 0 Å². The van der Waals surface area contributed by atoms with Gasteiger partial charge in [-0.05, 0) is 6.42 Å². The van der Waals surface area contributed by atoms with Gasteiger partial charge in [0, 0.05) is 12.1 Å². The molecule has 126 valence electrons. The minimum Gasteiger partial charge on any atom is -0.480 e. The number of alkyl halides is 3. The van der Waals surface area contributed by atoms with Gasteiger partial charge in [0.25, 0.3) is 11.4 Å². The second-order valence-electron chi connectivity index (χ2n) is 4.34. The van der Waals surface area contributed by atoms with Crippen molar-refractivity contribution in [3.8, 4) is 0 Å². The number of benzene rings is 1. The van der Waals surface area contributed by atoms with Crippen LogP contribution in [0.25, 0.3) is 0 Å². The Morgan fingerprint density at radius 2 is 1.70 bits per heavy atom. The maximum atomic E-state index is 12.7. The van der Waals surface area contributed by atoms with Crippen LogP contribution in [-0.4, -0.2) is 27.0 Å². The quantitative estimate of drug-likeness (QED) is 0.601. The third-order valence-corrected chi connectivity index (χ3v) is 2.84. The van der Waals surface area contributed by atoms with Gasteiger partial charge in [0.2, 0.25) is 0 Å². The van der Waals surface area contributed by atoms with Gasteiger partial charge < -0.3 is 10.4 Å². The van der Waals surface area contributed by atoms with Crippen molar-refractivity contribution in [3.05, 3.63) is 37.9 Å². The molecule has 23 heavy (non-hydrogen) atoms. The molecule has 0 saturated heterocycles. The Morgan fingerprint density at radius 3 is 1.96 bits per heavy atom. The predicted octanol–water partition coefficient (Wildman–Crippen LogP) is 2.80. The minimum atomic E-state index is -5.04. The molecule has 9 nitrogen and oxygen atoms in total. The molecular weight excluding hydrogens is 327 g/mol. The molecular formula is C11H10F3N3O6. The molecule has 0 aliphatic heterocycles. The molecule has 1 aromatic rings. The van der Waals surface area contributed by atoms with Crippen molar-refractivity contribution in [2.45, 2.75) is 25.6 Å². The maximum Gasteiger partial charge on any atom is 0.416 e. The normalized spacial score (nSPS) is 12.5. The van der Waals surface area contributed by atoms with Gasteiger partial charge in [0.1, 0.15) is 6.04 Å². The van der Waals surface area contributed by atoms with E-state index < -0.39 is 50.7 Å². The van der Waals surface area contributed by atoms with Crippen LogP contribution >= 0.6 is 0 Å². The first-order valence-electron chi connectivity index (χ1n) is 6.02. The molecule has 0 heterocycles. The number of aliphatic carboxylic acids is 1. The summed E-state index contributed by atoms with van der Waals surface area (Å²) in [5.74, 6) is -1.46. The predicted molar refractivity (Wildman–Crippen MR) is 70.1 cm³/mol. The lowest BCUT2D eigenvalue weighted by molar-refractivity contribution is -0.392. The lowest BCUT2D eigenvalue weighted by atomic mass is 10.1. The highest BCUT2D eigenvalue weighted by Crippen LogP contribution is 2.41. The minimum absolute atomic E-state index is 0.106. The summed E-state index contributed by atoms with van der Waals surface area (Å²) >= 11 is 0. The number of carbonyl (C=O) groups is 1. The Morgan fingerprint density at radius 1 is 1.26 bits per heavy atom. The number of carboxylic acids is 1. The molecule has 0 amide bonds. The van der Waals surface area contributed by atoms with Crippen LogP contribution in [0.5, 0.6) is 0 Å². The summed E-state index contributed by atoms with van der Waals surface area (Å²) in [4.78, 5) is 30.3. The topological polar surface area (TPSA) is 136 Å². The molecule has 0 radical (unpaired) electrons. The van der Waals surface area contributed by atoms with Crippen LogP contribution < -0.4 is 5.32 Å². The average molecular weight is 337 g/mol. The van der Waals surface area contributed by atoms with Gasteiger partial charge in [-0.2, -0.15) is 13.2 Å². The summed E-state index contributed by atoms with van der Waals surface area (Å²) in [5, 5.41) is 32.8. The number of rotatable bonds is 6. The molecule has 0 aliphatic rings. The van der Waals surface area contributed by atoms with Crippen LogP contribution in [0.15, 0.2) is 12.1 Å². The molecule has 1 aromatic carbocycles. The molecule has 0 aromatic heterocycles. The number of nitro benzene ring substituents is 2. The van der Waals surface area contributed by atoms with E-state index in [1.54, 1.807) is 0 Å². The van der Waals surface area contributed by atoms with E-state index in [0.717, 1.165) is 0 Å². The van der Waals surface area contributed by atoms with Crippen LogP contribution in [0.3, 0.4) is 0 Å². The third-order valence-electron chi connectivity index (χ3n) is 2.84. The third kappa shape index (κ3) is 4.05. The summed E-state index contributed by atoms with van der Waals surface area (Å²) in [7, 11) is 0. The zero-order chi connectivity index (χ0) is 17.9. The number of nitro groups is 2. The molecule has 12 heteroatoms. The zero-order valence-corrected chi connectivity index (χ0v) is 11.5. The highest BCUT2D eigenvalue weighted by molar-refractivity contribution is 5.82. The number of nitrogens with zero attached hydrogens (tertiary/aromatic N) is 2. The maximum absolute atomic E-state index is 12.7. The second-order valence-corrected chi connectivity index (χ2v) is 4.34. The number of hydrogen-bond acceptors (Lipinski definition) is 6. The van der Waals surface area contributed by atoms with Crippen molar-refractivity contribution >= 4 is 23.0 Å². The summed E-state index contributed by atoms with van der Waals surface area (Å²) in [5.41, 5.74) is -4.93. The fourth-order valence-electron chi connectivity index (χ4n) is 1.72. The first kappa shape index (κ1) is 18.1. The van der Waals surface area contributed by atoms with E-state index in [2.05, 4.69) is 5.32 Å². The summed E-state index contributed by atoms with van der Waals surface area (Å²) in [6, 6.07) is -1.21. The average Bonchev–Trinajstić information content (AvgIpc) is 2.42. The monoisotopic (exact) mass is 337 g/mol. The van der Waals surface area contributed by atoms with Crippen LogP contribution in [0, 0.1) is 20.2 Å². The van der Waals surface area contributed by atoms with Crippen LogP contribution in [0.2, 0.25) is 0 Å². The fraction of sp³-hybridized carbons (Fsp3) is 0.364. The largest absolute Gasteiger partial charge is 0.480 e. The van der Waals surface area contributed by atoms with Gasteiger partial charge in [-0.3, -0.25) is 20.2 Å². The van der Waals surface area contributed by atoms with Crippen LogP contribution in [-0.2, 0) is 11.0 Å². The van der Waals surface area contributed by atoms with Crippen molar-refractivity contribution < 1.29 is 32.9 Å². The Kier molecular flexibility index (Phi) is 5.09. The van der Waals surface area contributed by atoms with E-state index in [-0.39, 0.29) is 18.6 Å². The highest BCUT2D eigenvalue weighted by atomic mass is 19.4. The standard InChI is InChI=1S/C11H10F3N3O6/c1-2-6(10(18)19)15-9-7(16(20)21)3-5(11(12,13)14)4-8(9)17(22)23/h3-4,6,15H,2H2,1H3,(H,18,19)/t6-/m0/s1. The molecule has 0 spiro atoms. The van der Waals surface area contributed by atoms with E-state index in [1.165, 1.54) is 6.92 Å². The molecule has 1 rings (SSSR count). The fourth-order valence-corrected chi connectivity index (χ4v) is 1.72. The second kappa shape index (κ2) is 6.46. The van der Waals surface area contributed by atoms with Gasteiger partial charge in [-0.25, -0.2) is 4.79 Å². The van der Waals surface area contributed by atoms with Crippen molar-refractivity contribution in [1.29, 1.82) is 0 Å². The van der Waals surface area contributed by atoms with E-state index in [1.807, 2.05) is 0 Å². The van der Waals surface area contributed by atoms with E-state index in [0.29, 0.717) is 0 Å².